The van der Waals surface area contributed by atoms with Crippen molar-refractivity contribution in [3.8, 4) is 10.6 Å². The monoisotopic (exact) mass is 293 g/mol. The van der Waals surface area contributed by atoms with Gasteiger partial charge < -0.3 is 0 Å². The zero-order valence-corrected chi connectivity index (χ0v) is 11.6. The number of hydrogen-bond donors (Lipinski definition) is 2. The van der Waals surface area contributed by atoms with Gasteiger partial charge in [0.2, 0.25) is 0 Å². The predicted octanol–water partition coefficient (Wildman–Crippen LogP) is 2.94. The Labute approximate surface area is 119 Å². The first-order valence-corrected chi connectivity index (χ1v) is 7.16. The average molecular weight is 294 g/mol. The number of nitrogens with two attached hydrogens (primary N) is 1. The van der Waals surface area contributed by atoms with Crippen LogP contribution in [0.4, 0.5) is 0 Å². The van der Waals surface area contributed by atoms with E-state index in [1.54, 1.807) is 0 Å². The zero-order chi connectivity index (χ0) is 13.4. The summed E-state index contributed by atoms with van der Waals surface area (Å²) >= 11 is 7.51. The molecule has 0 aliphatic heterocycles. The average Bonchev–Trinajstić information content (AvgIpc) is 3.18. The highest BCUT2D eigenvalue weighted by Crippen LogP contribution is 2.44. The van der Waals surface area contributed by atoms with Gasteiger partial charge in [0.15, 0.2) is 0 Å². The third-order valence-electron chi connectivity index (χ3n) is 3.06. The third kappa shape index (κ3) is 2.36. The van der Waals surface area contributed by atoms with Crippen LogP contribution < -0.4 is 11.3 Å². The fourth-order valence-electron chi connectivity index (χ4n) is 1.94. The molecule has 19 heavy (non-hydrogen) atoms. The smallest absolute Gasteiger partial charge is 0.277 e. The zero-order valence-electron chi connectivity index (χ0n) is 10.0. The first kappa shape index (κ1) is 12.6. The van der Waals surface area contributed by atoms with E-state index in [1.165, 1.54) is 11.3 Å². The summed E-state index contributed by atoms with van der Waals surface area (Å²) < 4.78 is 0. The van der Waals surface area contributed by atoms with Crippen molar-refractivity contribution >= 4 is 28.8 Å². The molecule has 1 heterocycles. The van der Waals surface area contributed by atoms with Gasteiger partial charge in [-0.1, -0.05) is 29.8 Å². The van der Waals surface area contributed by atoms with Gasteiger partial charge in [0.25, 0.3) is 5.91 Å². The molecule has 3 N–H and O–H groups in total. The number of hydrogen-bond acceptors (Lipinski definition) is 4. The number of nitrogens with zero attached hydrogens (tertiary/aromatic N) is 1. The number of amides is 1. The van der Waals surface area contributed by atoms with Crippen molar-refractivity contribution in [3.05, 3.63) is 39.9 Å². The minimum atomic E-state index is -0.280. The van der Waals surface area contributed by atoms with E-state index in [0.717, 1.165) is 29.1 Å². The Morgan fingerprint density at radius 3 is 2.79 bits per heavy atom. The molecule has 0 spiro atoms. The lowest BCUT2D eigenvalue weighted by molar-refractivity contribution is 0.0956. The first-order valence-electron chi connectivity index (χ1n) is 5.97. The molecule has 1 aromatic heterocycles. The second-order valence-electron chi connectivity index (χ2n) is 4.46. The second-order valence-corrected chi connectivity index (χ2v) is 5.87. The van der Waals surface area contributed by atoms with Crippen molar-refractivity contribution in [2.75, 3.05) is 0 Å². The molecule has 0 bridgehead atoms. The summed E-state index contributed by atoms with van der Waals surface area (Å²) in [6, 6.07) is 7.50. The molecule has 1 saturated carbocycles. The SMILES string of the molecule is NNC(=O)c1sc(-c2ccccc2Cl)nc1C1CC1. The van der Waals surface area contributed by atoms with Gasteiger partial charge in [0.1, 0.15) is 9.88 Å². The molecule has 0 atom stereocenters. The van der Waals surface area contributed by atoms with Crippen molar-refractivity contribution in [3.63, 3.8) is 0 Å². The van der Waals surface area contributed by atoms with E-state index in [2.05, 4.69) is 10.4 Å². The Morgan fingerprint density at radius 2 is 2.16 bits per heavy atom. The third-order valence-corrected chi connectivity index (χ3v) is 4.49. The van der Waals surface area contributed by atoms with Crippen molar-refractivity contribution in [2.45, 2.75) is 18.8 Å². The quantitative estimate of drug-likeness (QED) is 0.519. The van der Waals surface area contributed by atoms with Crippen molar-refractivity contribution in [1.29, 1.82) is 0 Å². The summed E-state index contributed by atoms with van der Waals surface area (Å²) in [6.45, 7) is 0. The molecular formula is C13H12ClN3OS. The lowest BCUT2D eigenvalue weighted by Gasteiger charge is -1.98. The Kier molecular flexibility index (Phi) is 3.26. The van der Waals surface area contributed by atoms with E-state index in [-0.39, 0.29) is 5.91 Å². The molecule has 1 fully saturated rings. The number of carbonyl (C=O) groups excluding carboxylic acids is 1. The van der Waals surface area contributed by atoms with Crippen LogP contribution in [0.5, 0.6) is 0 Å². The Hall–Kier alpha value is -1.43. The van der Waals surface area contributed by atoms with Crippen LogP contribution in [0.25, 0.3) is 10.6 Å². The van der Waals surface area contributed by atoms with Crippen molar-refractivity contribution in [1.82, 2.24) is 10.4 Å². The van der Waals surface area contributed by atoms with E-state index in [9.17, 15) is 4.79 Å². The highest BCUT2D eigenvalue weighted by molar-refractivity contribution is 7.17. The molecule has 4 nitrogen and oxygen atoms in total. The van der Waals surface area contributed by atoms with Crippen LogP contribution in [0, 0.1) is 0 Å². The molecule has 98 valence electrons. The number of benzene rings is 1. The molecule has 2 aromatic rings. The Balaban J connectivity index is 2.08. The number of thiazole rings is 1. The summed E-state index contributed by atoms with van der Waals surface area (Å²) in [4.78, 5) is 17.0. The van der Waals surface area contributed by atoms with Crippen LogP contribution in [-0.2, 0) is 0 Å². The highest BCUT2D eigenvalue weighted by Gasteiger charge is 2.32. The predicted molar refractivity (Wildman–Crippen MR) is 76.2 cm³/mol. The molecule has 3 rings (SSSR count). The van der Waals surface area contributed by atoms with Crippen LogP contribution in [0.1, 0.15) is 34.1 Å². The van der Waals surface area contributed by atoms with Crippen LogP contribution in [0.2, 0.25) is 5.02 Å². The summed E-state index contributed by atoms with van der Waals surface area (Å²) in [5, 5.41) is 1.41. The summed E-state index contributed by atoms with van der Waals surface area (Å²) in [5.41, 5.74) is 3.89. The highest BCUT2D eigenvalue weighted by atomic mass is 35.5. The summed E-state index contributed by atoms with van der Waals surface area (Å²) in [5.74, 6) is 5.33. The van der Waals surface area contributed by atoms with Gasteiger partial charge in [-0.2, -0.15) is 0 Å². The minimum absolute atomic E-state index is 0.280. The lowest BCUT2D eigenvalue weighted by Crippen LogP contribution is -2.30. The lowest BCUT2D eigenvalue weighted by atomic mass is 10.2. The molecule has 1 aliphatic rings. The number of nitrogens with one attached hydrogen (secondary N) is 1. The molecule has 0 unspecified atom stereocenters. The van der Waals surface area contributed by atoms with Crippen LogP contribution in [0.15, 0.2) is 24.3 Å². The number of aromatic nitrogens is 1. The van der Waals surface area contributed by atoms with E-state index in [0.29, 0.717) is 15.8 Å². The molecule has 1 aromatic carbocycles. The molecule has 1 aliphatic carbocycles. The minimum Gasteiger partial charge on any atom is -0.289 e. The van der Waals surface area contributed by atoms with Crippen molar-refractivity contribution < 1.29 is 4.79 Å². The van der Waals surface area contributed by atoms with Crippen LogP contribution in [0.3, 0.4) is 0 Å². The van der Waals surface area contributed by atoms with E-state index >= 15 is 0 Å². The molecular weight excluding hydrogens is 282 g/mol. The molecule has 6 heteroatoms. The molecule has 0 radical (unpaired) electrons. The fourth-order valence-corrected chi connectivity index (χ4v) is 3.32. The van der Waals surface area contributed by atoms with Gasteiger partial charge in [0, 0.05) is 11.5 Å². The first-order chi connectivity index (χ1) is 9.20. The van der Waals surface area contributed by atoms with E-state index in [1.807, 2.05) is 24.3 Å². The van der Waals surface area contributed by atoms with Gasteiger partial charge >= 0.3 is 0 Å². The second kappa shape index (κ2) is 4.92. The van der Waals surface area contributed by atoms with Gasteiger partial charge in [-0.3, -0.25) is 10.2 Å². The number of halogens is 1. The van der Waals surface area contributed by atoms with E-state index < -0.39 is 0 Å². The maximum Gasteiger partial charge on any atom is 0.277 e. The van der Waals surface area contributed by atoms with Gasteiger partial charge in [-0.05, 0) is 18.9 Å². The Bertz CT molecular complexity index is 637. The topological polar surface area (TPSA) is 68.0 Å². The largest absolute Gasteiger partial charge is 0.289 e. The number of hydrazine groups is 1. The standard InChI is InChI=1S/C13H12ClN3OS/c14-9-4-2-1-3-8(9)13-16-10(7-5-6-7)11(19-13)12(18)17-15/h1-4,7H,5-6,15H2,(H,17,18). The summed E-state index contributed by atoms with van der Waals surface area (Å²) in [7, 11) is 0. The van der Waals surface area contributed by atoms with E-state index in [4.69, 9.17) is 17.4 Å². The Morgan fingerprint density at radius 1 is 1.42 bits per heavy atom. The number of rotatable bonds is 3. The van der Waals surface area contributed by atoms with Gasteiger partial charge in [0.05, 0.1) is 10.7 Å². The fraction of sp³-hybridized carbons (Fsp3) is 0.231. The molecule has 1 amide bonds. The normalized spacial score (nSPS) is 14.4. The summed E-state index contributed by atoms with van der Waals surface area (Å²) in [6.07, 6.45) is 2.16. The van der Waals surface area contributed by atoms with Crippen LogP contribution >= 0.6 is 22.9 Å². The molecule has 0 saturated heterocycles. The van der Waals surface area contributed by atoms with Crippen molar-refractivity contribution in [2.24, 2.45) is 5.84 Å². The van der Waals surface area contributed by atoms with Crippen LogP contribution in [-0.4, -0.2) is 10.9 Å². The maximum absolute atomic E-state index is 11.8. The maximum atomic E-state index is 11.8. The van der Waals surface area contributed by atoms with Gasteiger partial charge in [-0.25, -0.2) is 10.8 Å². The number of nitrogen functional groups attached to an aromatic ring is 1. The van der Waals surface area contributed by atoms with Gasteiger partial charge in [-0.15, -0.1) is 11.3 Å². The number of carbonyl (C=O) groups is 1.